The summed E-state index contributed by atoms with van der Waals surface area (Å²) in [6.07, 6.45) is 0. The van der Waals surface area contributed by atoms with Gasteiger partial charge in [0.2, 0.25) is 0 Å². The van der Waals surface area contributed by atoms with Crippen LogP contribution in [0.25, 0.3) is 38.8 Å². The minimum absolute atomic E-state index is 0.404. The second kappa shape index (κ2) is 6.51. The molecule has 0 amide bonds. The number of fused-ring (bicyclic) bond motifs is 3. The van der Waals surface area contributed by atoms with Gasteiger partial charge >= 0.3 is 5.63 Å². The van der Waals surface area contributed by atoms with Crippen molar-refractivity contribution in [1.82, 2.24) is 9.78 Å². The highest BCUT2D eigenvalue weighted by Gasteiger charge is 2.22. The standard InChI is InChI=1S/C22H12Cl2N2O2/c23-14-11-9-13(10-12-14)21-19-20(15-5-1-4-8-18(15)28-22(19)27)25-26(21)17-7-3-2-6-16(17)24/h1-12H. The number of para-hydroxylation sites is 2. The zero-order chi connectivity index (χ0) is 19.3. The quantitative estimate of drug-likeness (QED) is 0.332. The van der Waals surface area contributed by atoms with Crippen LogP contribution in [0.1, 0.15) is 0 Å². The Bertz CT molecular complexity index is 1400. The first-order valence-corrected chi connectivity index (χ1v) is 9.34. The molecular weight excluding hydrogens is 395 g/mol. The molecule has 0 fully saturated rings. The van der Waals surface area contributed by atoms with Crippen molar-refractivity contribution in [3.8, 4) is 16.9 Å². The van der Waals surface area contributed by atoms with Crippen molar-refractivity contribution in [2.45, 2.75) is 0 Å². The summed E-state index contributed by atoms with van der Waals surface area (Å²) in [6.45, 7) is 0. The molecule has 0 saturated carbocycles. The smallest absolute Gasteiger partial charge is 0.348 e. The molecule has 3 aromatic carbocycles. The van der Waals surface area contributed by atoms with Crippen LogP contribution in [0.4, 0.5) is 0 Å². The fourth-order valence-electron chi connectivity index (χ4n) is 3.37. The van der Waals surface area contributed by atoms with Crippen molar-refractivity contribution in [3.63, 3.8) is 0 Å². The topological polar surface area (TPSA) is 48.0 Å². The van der Waals surface area contributed by atoms with Crippen molar-refractivity contribution in [3.05, 3.63) is 93.3 Å². The number of rotatable bonds is 2. The molecule has 2 heterocycles. The summed E-state index contributed by atoms with van der Waals surface area (Å²) >= 11 is 12.5. The van der Waals surface area contributed by atoms with Crippen LogP contribution < -0.4 is 5.63 Å². The van der Waals surface area contributed by atoms with Gasteiger partial charge in [-0.15, -0.1) is 0 Å². The van der Waals surface area contributed by atoms with Crippen molar-refractivity contribution in [2.75, 3.05) is 0 Å². The zero-order valence-corrected chi connectivity index (χ0v) is 15.9. The van der Waals surface area contributed by atoms with Gasteiger partial charge in [-0.1, -0.05) is 59.6 Å². The Morgan fingerprint density at radius 3 is 2.36 bits per heavy atom. The SMILES string of the molecule is O=c1oc2ccccc2c2nn(-c3ccccc3Cl)c(-c3ccc(Cl)cc3)c12. The Morgan fingerprint density at radius 1 is 0.857 bits per heavy atom. The molecule has 4 nitrogen and oxygen atoms in total. The van der Waals surface area contributed by atoms with E-state index in [-0.39, 0.29) is 0 Å². The lowest BCUT2D eigenvalue weighted by molar-refractivity contribution is 0.570. The molecule has 5 rings (SSSR count). The van der Waals surface area contributed by atoms with Gasteiger partial charge < -0.3 is 4.42 Å². The Hall–Kier alpha value is -3.08. The maximum absolute atomic E-state index is 12.9. The molecule has 5 aromatic rings. The molecule has 0 unspecified atom stereocenters. The van der Waals surface area contributed by atoms with Gasteiger partial charge in [0.15, 0.2) is 0 Å². The van der Waals surface area contributed by atoms with E-state index in [4.69, 9.17) is 32.7 Å². The van der Waals surface area contributed by atoms with Crippen molar-refractivity contribution in [1.29, 1.82) is 0 Å². The highest BCUT2D eigenvalue weighted by atomic mass is 35.5. The summed E-state index contributed by atoms with van der Waals surface area (Å²) in [4.78, 5) is 12.9. The largest absolute Gasteiger partial charge is 0.422 e. The van der Waals surface area contributed by atoms with Gasteiger partial charge in [0, 0.05) is 16.0 Å². The van der Waals surface area contributed by atoms with Crippen LogP contribution in [-0.4, -0.2) is 9.78 Å². The molecule has 0 spiro atoms. The lowest BCUT2D eigenvalue weighted by Crippen LogP contribution is -2.02. The fraction of sp³-hybridized carbons (Fsp3) is 0. The molecule has 28 heavy (non-hydrogen) atoms. The number of aromatic nitrogens is 2. The maximum atomic E-state index is 12.9. The zero-order valence-electron chi connectivity index (χ0n) is 14.4. The molecule has 0 atom stereocenters. The summed E-state index contributed by atoms with van der Waals surface area (Å²) in [6, 6.07) is 22.0. The van der Waals surface area contributed by atoms with Gasteiger partial charge in [0.1, 0.15) is 16.5 Å². The summed E-state index contributed by atoms with van der Waals surface area (Å²) in [5, 5.41) is 7.07. The third-order valence-electron chi connectivity index (χ3n) is 4.63. The molecule has 136 valence electrons. The number of hydrogen-bond acceptors (Lipinski definition) is 3. The predicted octanol–water partition coefficient (Wildman–Crippen LogP) is 6.11. The number of hydrogen-bond donors (Lipinski definition) is 0. The normalized spacial score (nSPS) is 11.4. The first-order chi connectivity index (χ1) is 13.6. The first kappa shape index (κ1) is 17.0. The fourth-order valence-corrected chi connectivity index (χ4v) is 3.72. The van der Waals surface area contributed by atoms with Crippen molar-refractivity contribution in [2.24, 2.45) is 0 Å². The summed E-state index contributed by atoms with van der Waals surface area (Å²) in [7, 11) is 0. The highest BCUT2D eigenvalue weighted by Crippen LogP contribution is 2.34. The Morgan fingerprint density at radius 2 is 1.57 bits per heavy atom. The van der Waals surface area contributed by atoms with Crippen LogP contribution in [0.5, 0.6) is 0 Å². The molecule has 6 heteroatoms. The molecular formula is C22H12Cl2N2O2. The van der Waals surface area contributed by atoms with E-state index in [1.807, 2.05) is 48.5 Å². The van der Waals surface area contributed by atoms with Crippen molar-refractivity contribution >= 4 is 45.1 Å². The van der Waals surface area contributed by atoms with Gasteiger partial charge in [-0.2, -0.15) is 5.10 Å². The van der Waals surface area contributed by atoms with Gasteiger partial charge in [-0.05, 0) is 36.4 Å². The second-order valence-corrected chi connectivity index (χ2v) is 7.17. The summed E-state index contributed by atoms with van der Waals surface area (Å²) in [5.74, 6) is 0. The molecule has 0 aliphatic rings. The maximum Gasteiger partial charge on any atom is 0.348 e. The van der Waals surface area contributed by atoms with E-state index < -0.39 is 5.63 Å². The van der Waals surface area contributed by atoms with Gasteiger partial charge in [0.05, 0.1) is 16.4 Å². The number of halogens is 2. The van der Waals surface area contributed by atoms with Crippen LogP contribution in [-0.2, 0) is 0 Å². The van der Waals surface area contributed by atoms with E-state index in [1.54, 1.807) is 28.9 Å². The van der Waals surface area contributed by atoms with Gasteiger partial charge in [-0.25, -0.2) is 9.48 Å². The minimum atomic E-state index is -0.447. The molecule has 0 radical (unpaired) electrons. The third-order valence-corrected chi connectivity index (χ3v) is 5.20. The monoisotopic (exact) mass is 406 g/mol. The molecule has 0 saturated heterocycles. The highest BCUT2D eigenvalue weighted by molar-refractivity contribution is 6.32. The van der Waals surface area contributed by atoms with Gasteiger partial charge in [0.25, 0.3) is 0 Å². The Kier molecular flexibility index (Phi) is 3.97. The van der Waals surface area contributed by atoms with Gasteiger partial charge in [-0.3, -0.25) is 0 Å². The van der Waals surface area contributed by atoms with Crippen LogP contribution in [0, 0.1) is 0 Å². The lowest BCUT2D eigenvalue weighted by atomic mass is 10.1. The summed E-state index contributed by atoms with van der Waals surface area (Å²) < 4.78 is 7.27. The van der Waals surface area contributed by atoms with Crippen LogP contribution in [0.15, 0.2) is 82.0 Å². The van der Waals surface area contributed by atoms with Crippen molar-refractivity contribution < 1.29 is 4.42 Å². The van der Waals surface area contributed by atoms with E-state index in [1.165, 1.54) is 0 Å². The first-order valence-electron chi connectivity index (χ1n) is 8.59. The molecule has 0 aliphatic carbocycles. The molecule has 0 aliphatic heterocycles. The van der Waals surface area contributed by atoms with Crippen LogP contribution in [0.2, 0.25) is 10.0 Å². The average molecular weight is 407 g/mol. The van der Waals surface area contributed by atoms with Crippen LogP contribution >= 0.6 is 23.2 Å². The third kappa shape index (κ3) is 2.61. The molecule has 0 N–H and O–H groups in total. The molecule has 2 aromatic heterocycles. The number of benzene rings is 3. The van der Waals surface area contributed by atoms with E-state index in [0.29, 0.717) is 37.9 Å². The minimum Gasteiger partial charge on any atom is -0.422 e. The molecule has 0 bridgehead atoms. The van der Waals surface area contributed by atoms with E-state index in [2.05, 4.69) is 0 Å². The predicted molar refractivity (Wildman–Crippen MR) is 113 cm³/mol. The van der Waals surface area contributed by atoms with Crippen LogP contribution in [0.3, 0.4) is 0 Å². The average Bonchev–Trinajstić information content (AvgIpc) is 3.10. The lowest BCUT2D eigenvalue weighted by Gasteiger charge is -2.09. The Balaban J connectivity index is 1.98. The van der Waals surface area contributed by atoms with E-state index in [9.17, 15) is 4.79 Å². The summed E-state index contributed by atoms with van der Waals surface area (Å²) in [5.41, 5.74) is 2.68. The van der Waals surface area contributed by atoms with E-state index in [0.717, 1.165) is 10.9 Å². The second-order valence-electron chi connectivity index (χ2n) is 6.33. The number of nitrogens with zero attached hydrogens (tertiary/aromatic N) is 2. The Labute approximate surface area is 169 Å². The van der Waals surface area contributed by atoms with E-state index >= 15 is 0 Å².